The molecule has 0 aliphatic heterocycles. The Morgan fingerprint density at radius 2 is 1.83 bits per heavy atom. The fraction of sp³-hybridized carbons (Fsp3) is 0.222. The molecule has 8 nitrogen and oxygen atoms in total. The topological polar surface area (TPSA) is 117 Å². The number of aliphatic hydroxyl groups is 1. The van der Waals surface area contributed by atoms with Crippen molar-refractivity contribution in [2.45, 2.75) is 18.7 Å². The quantitative estimate of drug-likeness (QED) is 0.258. The molecule has 0 aliphatic rings. The number of anilines is 2. The van der Waals surface area contributed by atoms with Gasteiger partial charge in [0.25, 0.3) is 11.6 Å². The normalized spacial score (nSPS) is 13.0. The number of nitro benzene ring substituents is 1. The minimum absolute atomic E-state index is 0.270. The second-order valence-corrected chi connectivity index (χ2v) is 6.50. The van der Waals surface area contributed by atoms with E-state index in [1.54, 1.807) is 24.3 Å². The van der Waals surface area contributed by atoms with Crippen LogP contribution in [0.5, 0.6) is 0 Å². The van der Waals surface area contributed by atoms with Crippen molar-refractivity contribution >= 4 is 46.0 Å². The van der Waals surface area contributed by atoms with Gasteiger partial charge < -0.3 is 15.7 Å². The third-order valence-electron chi connectivity index (χ3n) is 3.92. The van der Waals surface area contributed by atoms with Crippen molar-refractivity contribution in [3.63, 3.8) is 0 Å². The number of nitrogens with one attached hydrogen (secondary N) is 2. The zero-order chi connectivity index (χ0) is 22.5. The Labute approximate surface area is 173 Å². The van der Waals surface area contributed by atoms with E-state index in [4.69, 9.17) is 0 Å². The van der Waals surface area contributed by atoms with Crippen LogP contribution in [0.4, 0.5) is 35.9 Å². The predicted octanol–water partition coefficient (Wildman–Crippen LogP) is 4.15. The third kappa shape index (κ3) is 5.83. The van der Waals surface area contributed by atoms with E-state index in [2.05, 4.69) is 33.0 Å². The third-order valence-corrected chi connectivity index (χ3v) is 4.02. The number of rotatable bonds is 7. The van der Waals surface area contributed by atoms with Crippen molar-refractivity contribution in [2.24, 2.45) is 4.99 Å². The molecule has 2 aromatic rings. The van der Waals surface area contributed by atoms with Gasteiger partial charge in [-0.2, -0.15) is 18.2 Å². The highest BCUT2D eigenvalue weighted by Gasteiger charge is 2.39. The zero-order valence-electron chi connectivity index (χ0n) is 15.4. The minimum Gasteiger partial charge on any atom is -0.382 e. The van der Waals surface area contributed by atoms with E-state index < -0.39 is 33.9 Å². The molecule has 0 radical (unpaired) electrons. The summed E-state index contributed by atoms with van der Waals surface area (Å²) < 4.78 is 39.2. The van der Waals surface area contributed by atoms with Crippen molar-refractivity contribution in [1.82, 2.24) is 0 Å². The molecule has 0 spiro atoms. The van der Waals surface area contributed by atoms with Gasteiger partial charge in [-0.15, -0.1) is 0 Å². The summed E-state index contributed by atoms with van der Waals surface area (Å²) in [7, 11) is 0. The molecule has 0 aliphatic carbocycles. The number of aliphatic imine (C=N–C) groups is 1. The molecule has 0 fully saturated rings. The van der Waals surface area contributed by atoms with Crippen LogP contribution >= 0.6 is 12.2 Å². The van der Waals surface area contributed by atoms with Crippen LogP contribution in [0.3, 0.4) is 0 Å². The Hall–Kier alpha value is -3.34. The van der Waals surface area contributed by atoms with Crippen LogP contribution in [0.1, 0.15) is 12.5 Å². The molecule has 0 aromatic heterocycles. The first-order valence-electron chi connectivity index (χ1n) is 8.25. The number of benzene rings is 2. The summed E-state index contributed by atoms with van der Waals surface area (Å²) in [4.78, 5) is 25.7. The van der Waals surface area contributed by atoms with Gasteiger partial charge in [0.15, 0.2) is 5.60 Å². The summed E-state index contributed by atoms with van der Waals surface area (Å²) in [6.07, 6.45) is -4.99. The first-order valence-corrected chi connectivity index (χ1v) is 8.66. The van der Waals surface area contributed by atoms with Crippen molar-refractivity contribution in [1.29, 1.82) is 0 Å². The number of thiocarbonyl (C=S) groups is 1. The zero-order valence-corrected chi connectivity index (χ0v) is 16.2. The number of nitrogens with zero attached hydrogens (tertiary/aromatic N) is 2. The lowest BCUT2D eigenvalue weighted by Crippen LogP contribution is -2.45. The molecule has 0 unspecified atom stereocenters. The molecule has 2 aromatic carbocycles. The summed E-state index contributed by atoms with van der Waals surface area (Å²) in [5, 5.41) is 28.3. The maximum atomic E-state index is 13.1. The number of carbonyl (C=O) groups is 1. The van der Waals surface area contributed by atoms with Crippen LogP contribution < -0.4 is 10.6 Å². The fourth-order valence-corrected chi connectivity index (χ4v) is 2.43. The average Bonchev–Trinajstić information content (AvgIpc) is 2.67. The molecule has 3 N–H and O–H groups in total. The van der Waals surface area contributed by atoms with E-state index in [1.807, 2.05) is 0 Å². The van der Waals surface area contributed by atoms with Crippen LogP contribution in [0, 0.1) is 10.1 Å². The smallest absolute Gasteiger partial charge is 0.382 e. The van der Waals surface area contributed by atoms with E-state index in [-0.39, 0.29) is 12.2 Å². The first-order chi connectivity index (χ1) is 13.9. The molecule has 0 bridgehead atoms. The number of nitro groups is 1. The van der Waals surface area contributed by atoms with Gasteiger partial charge in [0, 0.05) is 17.4 Å². The van der Waals surface area contributed by atoms with Crippen LogP contribution in [0.25, 0.3) is 0 Å². The average molecular weight is 440 g/mol. The summed E-state index contributed by atoms with van der Waals surface area (Å²) >= 11 is 4.49. The fourth-order valence-electron chi connectivity index (χ4n) is 2.33. The second kappa shape index (κ2) is 8.99. The van der Waals surface area contributed by atoms with Crippen molar-refractivity contribution < 1.29 is 28.0 Å². The number of isothiocyanates is 1. The minimum atomic E-state index is -4.99. The molecule has 158 valence electrons. The highest BCUT2D eigenvalue weighted by atomic mass is 32.1. The summed E-state index contributed by atoms with van der Waals surface area (Å²) in [6, 6.07) is 8.49. The van der Waals surface area contributed by atoms with Gasteiger partial charge in [-0.1, -0.05) is 0 Å². The van der Waals surface area contributed by atoms with E-state index in [0.717, 1.165) is 13.0 Å². The van der Waals surface area contributed by atoms with Gasteiger partial charge in [-0.25, -0.2) is 0 Å². The number of amides is 1. The van der Waals surface area contributed by atoms with Gasteiger partial charge in [0.05, 0.1) is 22.3 Å². The SMILES string of the molecule is C[C@@](O)(CNc1ccc(N=C=S)cc1)C(=O)Nc1ccc([N+](=O)[O-])c(C(F)(F)F)c1. The van der Waals surface area contributed by atoms with Gasteiger partial charge in [-0.3, -0.25) is 14.9 Å². The number of hydrogen-bond donors (Lipinski definition) is 3. The molecular formula is C18H15F3N4O4S. The largest absolute Gasteiger partial charge is 0.423 e. The first kappa shape index (κ1) is 22.9. The number of hydrogen-bond acceptors (Lipinski definition) is 7. The summed E-state index contributed by atoms with van der Waals surface area (Å²) in [5.74, 6) is -1.00. The molecule has 1 atom stereocenters. The number of carbonyl (C=O) groups excluding carboxylic acids is 1. The molecule has 12 heteroatoms. The van der Waals surface area contributed by atoms with Gasteiger partial charge in [0.1, 0.15) is 5.56 Å². The van der Waals surface area contributed by atoms with E-state index >= 15 is 0 Å². The Morgan fingerprint density at radius 1 is 1.23 bits per heavy atom. The Bertz CT molecular complexity index is 1000. The Morgan fingerprint density at radius 3 is 2.37 bits per heavy atom. The molecule has 0 saturated carbocycles. The van der Waals surface area contributed by atoms with Gasteiger partial charge >= 0.3 is 6.18 Å². The van der Waals surface area contributed by atoms with E-state index in [0.29, 0.717) is 23.5 Å². The molecule has 0 heterocycles. The second-order valence-electron chi connectivity index (χ2n) is 6.32. The molecule has 2 rings (SSSR count). The highest BCUT2D eigenvalue weighted by molar-refractivity contribution is 7.78. The van der Waals surface area contributed by atoms with Crippen molar-refractivity contribution in [3.05, 3.63) is 58.1 Å². The Balaban J connectivity index is 2.11. The highest BCUT2D eigenvalue weighted by Crippen LogP contribution is 2.37. The lowest BCUT2D eigenvalue weighted by molar-refractivity contribution is -0.388. The summed E-state index contributed by atoms with van der Waals surface area (Å²) in [5.41, 5.74) is -3.91. The van der Waals surface area contributed by atoms with E-state index in [1.165, 1.54) is 0 Å². The van der Waals surface area contributed by atoms with E-state index in [9.17, 15) is 33.2 Å². The maximum Gasteiger partial charge on any atom is 0.423 e. The lowest BCUT2D eigenvalue weighted by atomic mass is 10.1. The van der Waals surface area contributed by atoms with Gasteiger partial charge in [0.2, 0.25) is 0 Å². The molecule has 30 heavy (non-hydrogen) atoms. The molecular weight excluding hydrogens is 425 g/mol. The van der Waals surface area contributed by atoms with Crippen LogP contribution in [0.15, 0.2) is 47.5 Å². The molecule has 0 saturated heterocycles. The predicted molar refractivity (Wildman–Crippen MR) is 107 cm³/mol. The van der Waals surface area contributed by atoms with Crippen LogP contribution in [-0.4, -0.2) is 33.2 Å². The summed E-state index contributed by atoms with van der Waals surface area (Å²) in [6.45, 7) is 0.893. The monoisotopic (exact) mass is 440 g/mol. The number of halogens is 3. The van der Waals surface area contributed by atoms with Crippen LogP contribution in [-0.2, 0) is 11.0 Å². The Kier molecular flexibility index (Phi) is 6.88. The standard InChI is InChI=1S/C18H15F3N4O4S/c1-17(27,9-22-11-2-4-12(5-3-11)23-10-30)16(26)24-13-6-7-15(25(28)29)14(8-13)18(19,20)21/h2-8,22,27H,9H2,1H3,(H,24,26)/t17-/m1/s1. The maximum absolute atomic E-state index is 13.1. The molecule has 1 amide bonds. The van der Waals surface area contributed by atoms with Gasteiger partial charge in [-0.05, 0) is 55.5 Å². The van der Waals surface area contributed by atoms with Crippen molar-refractivity contribution in [3.8, 4) is 0 Å². The van der Waals surface area contributed by atoms with Crippen LogP contribution in [0.2, 0.25) is 0 Å². The lowest BCUT2D eigenvalue weighted by Gasteiger charge is -2.23. The number of alkyl halides is 3. The van der Waals surface area contributed by atoms with Crippen molar-refractivity contribution in [2.75, 3.05) is 17.2 Å².